The molecule has 0 aromatic heterocycles. The second kappa shape index (κ2) is 2.77. The van der Waals surface area contributed by atoms with Gasteiger partial charge < -0.3 is 0 Å². The molecule has 0 aromatic rings. The van der Waals surface area contributed by atoms with E-state index in [0.717, 1.165) is 6.42 Å². The molecule has 0 heteroatoms. The van der Waals surface area contributed by atoms with Gasteiger partial charge in [-0.15, -0.1) is 5.92 Å². The zero-order valence-corrected chi connectivity index (χ0v) is 5.91. The average Bonchev–Trinajstić information content (AvgIpc) is 1.59. The summed E-state index contributed by atoms with van der Waals surface area (Å²) in [5.41, 5.74) is 0.150. The van der Waals surface area contributed by atoms with Crippen molar-refractivity contribution in [2.45, 2.75) is 27.2 Å². The fourth-order valence-electron chi connectivity index (χ4n) is 0.328. The van der Waals surface area contributed by atoms with E-state index in [1.165, 1.54) is 0 Å². The van der Waals surface area contributed by atoms with Crippen LogP contribution in [0.3, 0.4) is 0 Å². The summed E-state index contributed by atoms with van der Waals surface area (Å²) in [6.07, 6.45) is 0.720. The highest BCUT2D eigenvalue weighted by Crippen LogP contribution is 2.09. The average molecular weight is 109 g/mol. The van der Waals surface area contributed by atoms with E-state index >= 15 is 0 Å². The minimum atomic E-state index is 0.150. The number of rotatable bonds is 0. The van der Waals surface area contributed by atoms with E-state index in [1.807, 2.05) is 0 Å². The van der Waals surface area contributed by atoms with Crippen molar-refractivity contribution in [2.75, 3.05) is 0 Å². The van der Waals surface area contributed by atoms with Gasteiger partial charge in [0, 0.05) is 11.8 Å². The third kappa shape index (κ3) is 5.56. The largest absolute Gasteiger partial charge is 0.103 e. The fourth-order valence-corrected chi connectivity index (χ4v) is 0.328. The van der Waals surface area contributed by atoms with Crippen LogP contribution >= 0.6 is 0 Å². The Morgan fingerprint density at radius 2 is 1.88 bits per heavy atom. The molecule has 0 saturated carbocycles. The Kier molecular flexibility index (Phi) is 2.62. The third-order valence-corrected chi connectivity index (χ3v) is 0.588. The summed E-state index contributed by atoms with van der Waals surface area (Å²) in [5.74, 6) is 5.99. The Bertz CT molecular complexity index is 104. The van der Waals surface area contributed by atoms with Crippen LogP contribution in [0.2, 0.25) is 0 Å². The molecule has 45 valence electrons. The van der Waals surface area contributed by atoms with Crippen LogP contribution in [0.25, 0.3) is 0 Å². The minimum Gasteiger partial charge on any atom is -0.103 e. The van der Waals surface area contributed by atoms with Crippen molar-refractivity contribution in [3.8, 4) is 11.8 Å². The van der Waals surface area contributed by atoms with Gasteiger partial charge in [-0.3, -0.25) is 0 Å². The lowest BCUT2D eigenvalue weighted by Crippen LogP contribution is -1.98. The van der Waals surface area contributed by atoms with Gasteiger partial charge in [0.2, 0.25) is 0 Å². The third-order valence-electron chi connectivity index (χ3n) is 0.588. The van der Waals surface area contributed by atoms with Gasteiger partial charge in [0.25, 0.3) is 0 Å². The summed E-state index contributed by atoms with van der Waals surface area (Å²) < 4.78 is 0. The van der Waals surface area contributed by atoms with Gasteiger partial charge in [-0.05, 0) is 27.7 Å². The summed E-state index contributed by atoms with van der Waals surface area (Å²) in [6.45, 7) is 9.89. The zero-order chi connectivity index (χ0) is 6.62. The Morgan fingerprint density at radius 3 is 2.00 bits per heavy atom. The number of hydrogen-bond donors (Lipinski definition) is 0. The Morgan fingerprint density at radius 1 is 1.38 bits per heavy atom. The maximum atomic E-state index is 3.62. The molecule has 0 aliphatic heterocycles. The van der Waals surface area contributed by atoms with E-state index in [2.05, 4.69) is 39.5 Å². The van der Waals surface area contributed by atoms with E-state index in [-0.39, 0.29) is 5.41 Å². The van der Waals surface area contributed by atoms with Crippen molar-refractivity contribution in [3.05, 3.63) is 6.92 Å². The van der Waals surface area contributed by atoms with E-state index in [4.69, 9.17) is 0 Å². The van der Waals surface area contributed by atoms with Crippen molar-refractivity contribution in [1.82, 2.24) is 0 Å². The van der Waals surface area contributed by atoms with Crippen LogP contribution in [0.4, 0.5) is 0 Å². The van der Waals surface area contributed by atoms with Crippen LogP contribution in [-0.2, 0) is 0 Å². The normalized spacial score (nSPS) is 10.0. The van der Waals surface area contributed by atoms with Gasteiger partial charge in [0.15, 0.2) is 0 Å². The van der Waals surface area contributed by atoms with Crippen molar-refractivity contribution in [1.29, 1.82) is 0 Å². The molecule has 0 unspecified atom stereocenters. The van der Waals surface area contributed by atoms with Crippen LogP contribution in [-0.4, -0.2) is 0 Å². The van der Waals surface area contributed by atoms with E-state index in [1.54, 1.807) is 0 Å². The van der Waals surface area contributed by atoms with Crippen LogP contribution in [0.5, 0.6) is 0 Å². The van der Waals surface area contributed by atoms with Crippen LogP contribution in [0.15, 0.2) is 0 Å². The van der Waals surface area contributed by atoms with Gasteiger partial charge in [0.05, 0.1) is 0 Å². The maximum Gasteiger partial charge on any atom is 0.0230 e. The first-order valence-corrected chi connectivity index (χ1v) is 2.85. The Labute approximate surface area is 52.3 Å². The lowest BCUT2D eigenvalue weighted by Gasteiger charge is -2.06. The monoisotopic (exact) mass is 109 g/mol. The standard InChI is InChI=1S/C8H13/c1-5-6-7-8(2,3)4/h1,5H2,2-4H3. The first-order chi connectivity index (χ1) is 3.56. The molecular weight excluding hydrogens is 96.1 g/mol. The molecular formula is C8H13. The molecule has 0 N–H and O–H groups in total. The highest BCUT2D eigenvalue weighted by atomic mass is 14.0. The molecule has 0 aliphatic rings. The lowest BCUT2D eigenvalue weighted by atomic mass is 9.98. The highest BCUT2D eigenvalue weighted by Gasteiger charge is 2.01. The van der Waals surface area contributed by atoms with Crippen molar-refractivity contribution in [3.63, 3.8) is 0 Å². The molecule has 0 saturated heterocycles. The molecule has 0 bridgehead atoms. The highest BCUT2D eigenvalue weighted by molar-refractivity contribution is 5.07. The van der Waals surface area contributed by atoms with E-state index in [9.17, 15) is 0 Å². The molecule has 0 fully saturated rings. The van der Waals surface area contributed by atoms with Gasteiger partial charge in [-0.1, -0.05) is 5.92 Å². The summed E-state index contributed by atoms with van der Waals surface area (Å²) in [6, 6.07) is 0. The molecule has 0 spiro atoms. The molecule has 0 amide bonds. The summed E-state index contributed by atoms with van der Waals surface area (Å²) in [5, 5.41) is 0. The predicted molar refractivity (Wildman–Crippen MR) is 37.2 cm³/mol. The topological polar surface area (TPSA) is 0 Å². The van der Waals surface area contributed by atoms with Gasteiger partial charge in [-0.25, -0.2) is 0 Å². The van der Waals surface area contributed by atoms with Gasteiger partial charge in [0.1, 0.15) is 0 Å². The minimum absolute atomic E-state index is 0.150. The first-order valence-electron chi connectivity index (χ1n) is 2.85. The molecule has 0 aromatic carbocycles. The summed E-state index contributed by atoms with van der Waals surface area (Å²) >= 11 is 0. The Balaban J connectivity index is 3.69. The second-order valence-electron chi connectivity index (χ2n) is 2.80. The second-order valence-corrected chi connectivity index (χ2v) is 2.80. The summed E-state index contributed by atoms with van der Waals surface area (Å²) in [4.78, 5) is 0. The van der Waals surface area contributed by atoms with Crippen LogP contribution in [0, 0.1) is 24.2 Å². The SMILES string of the molecule is [CH2]CC#CC(C)(C)C. The van der Waals surface area contributed by atoms with Gasteiger partial charge >= 0.3 is 0 Å². The van der Waals surface area contributed by atoms with Gasteiger partial charge in [-0.2, -0.15) is 0 Å². The zero-order valence-electron chi connectivity index (χ0n) is 5.91. The quantitative estimate of drug-likeness (QED) is 0.418. The molecule has 1 radical (unpaired) electrons. The molecule has 0 atom stereocenters. The number of hydrogen-bond acceptors (Lipinski definition) is 0. The first kappa shape index (κ1) is 7.56. The van der Waals surface area contributed by atoms with Crippen LogP contribution < -0.4 is 0 Å². The molecule has 8 heavy (non-hydrogen) atoms. The fraction of sp³-hybridized carbons (Fsp3) is 0.625. The van der Waals surface area contributed by atoms with Crippen molar-refractivity contribution < 1.29 is 0 Å². The molecule has 0 nitrogen and oxygen atoms in total. The summed E-state index contributed by atoms with van der Waals surface area (Å²) in [7, 11) is 0. The van der Waals surface area contributed by atoms with Crippen molar-refractivity contribution >= 4 is 0 Å². The van der Waals surface area contributed by atoms with Crippen molar-refractivity contribution in [2.24, 2.45) is 5.41 Å². The van der Waals surface area contributed by atoms with E-state index < -0.39 is 0 Å². The Hall–Kier alpha value is -0.440. The molecule has 0 rings (SSSR count). The lowest BCUT2D eigenvalue weighted by molar-refractivity contribution is 0.570. The van der Waals surface area contributed by atoms with Crippen LogP contribution in [0.1, 0.15) is 27.2 Å². The smallest absolute Gasteiger partial charge is 0.0230 e. The molecule has 0 aliphatic carbocycles. The molecule has 0 heterocycles. The van der Waals surface area contributed by atoms with E-state index in [0.29, 0.717) is 0 Å². The predicted octanol–water partition coefficient (Wildman–Crippen LogP) is 2.26. The maximum absolute atomic E-state index is 3.62.